The van der Waals surface area contributed by atoms with Gasteiger partial charge in [-0.15, -0.1) is 11.3 Å². The van der Waals surface area contributed by atoms with Crippen LogP contribution in [0.15, 0.2) is 23.3 Å². The first-order chi connectivity index (χ1) is 9.52. The van der Waals surface area contributed by atoms with Crippen molar-refractivity contribution in [2.45, 2.75) is 26.4 Å². The van der Waals surface area contributed by atoms with Gasteiger partial charge in [0.1, 0.15) is 5.57 Å². The van der Waals surface area contributed by atoms with Crippen LogP contribution in [0, 0.1) is 0 Å². The van der Waals surface area contributed by atoms with Crippen LogP contribution in [0.4, 0.5) is 0 Å². The number of imide groups is 1. The molecular formula is C14H17NO4S. The smallest absolute Gasteiger partial charge is 0.296 e. The fourth-order valence-electron chi connectivity index (χ4n) is 1.95. The maximum atomic E-state index is 12.2. The summed E-state index contributed by atoms with van der Waals surface area (Å²) in [5.41, 5.74) is 0.106. The summed E-state index contributed by atoms with van der Waals surface area (Å²) in [5.74, 6) is -1.51. The molecular weight excluding hydrogens is 278 g/mol. The largest absolute Gasteiger partial charge is 0.502 e. The molecule has 5 nitrogen and oxygen atoms in total. The lowest BCUT2D eigenvalue weighted by Gasteiger charge is -2.14. The summed E-state index contributed by atoms with van der Waals surface area (Å²) >= 11 is 1.32. The zero-order chi connectivity index (χ0) is 14.7. The van der Waals surface area contributed by atoms with Crippen molar-refractivity contribution in [3.8, 4) is 0 Å². The van der Waals surface area contributed by atoms with Crippen molar-refractivity contribution < 1.29 is 19.4 Å². The molecule has 2 rings (SSSR count). The van der Waals surface area contributed by atoms with Crippen LogP contribution < -0.4 is 0 Å². The number of carbonyl (C=O) groups excluding carboxylic acids is 2. The van der Waals surface area contributed by atoms with E-state index in [4.69, 9.17) is 4.74 Å². The van der Waals surface area contributed by atoms with Gasteiger partial charge in [-0.05, 0) is 31.7 Å². The van der Waals surface area contributed by atoms with E-state index in [1.807, 2.05) is 13.8 Å². The van der Waals surface area contributed by atoms with E-state index in [0.717, 1.165) is 4.90 Å². The second-order valence-corrected chi connectivity index (χ2v) is 5.68. The quantitative estimate of drug-likeness (QED) is 0.645. The molecule has 0 saturated carbocycles. The third-order valence-electron chi connectivity index (χ3n) is 2.89. The third-order valence-corrected chi connectivity index (χ3v) is 3.78. The van der Waals surface area contributed by atoms with Gasteiger partial charge in [0.2, 0.25) is 0 Å². The number of aliphatic hydroxyl groups is 1. The number of nitrogens with zero attached hydrogens (tertiary/aromatic N) is 1. The number of amides is 2. The van der Waals surface area contributed by atoms with Gasteiger partial charge in [0.05, 0.1) is 6.10 Å². The summed E-state index contributed by atoms with van der Waals surface area (Å²) < 4.78 is 5.37. The minimum atomic E-state index is -0.622. The second kappa shape index (κ2) is 6.19. The lowest BCUT2D eigenvalue weighted by molar-refractivity contribution is -0.138. The molecule has 0 radical (unpaired) electrons. The predicted molar refractivity (Wildman–Crippen MR) is 76.3 cm³/mol. The highest BCUT2D eigenvalue weighted by Gasteiger charge is 2.39. The van der Waals surface area contributed by atoms with Gasteiger partial charge in [0, 0.05) is 18.0 Å². The van der Waals surface area contributed by atoms with E-state index >= 15 is 0 Å². The van der Waals surface area contributed by atoms with Crippen molar-refractivity contribution >= 4 is 28.7 Å². The zero-order valence-corrected chi connectivity index (χ0v) is 12.3. The average Bonchev–Trinajstić information content (AvgIpc) is 2.97. The summed E-state index contributed by atoms with van der Waals surface area (Å²) in [4.78, 5) is 25.8. The molecule has 1 aromatic heterocycles. The number of aliphatic hydroxyl groups excluding tert-OH is 1. The molecule has 0 saturated heterocycles. The van der Waals surface area contributed by atoms with E-state index in [1.54, 1.807) is 17.5 Å². The summed E-state index contributed by atoms with van der Waals surface area (Å²) in [6.07, 6.45) is 0.675. The third kappa shape index (κ3) is 2.91. The molecule has 0 atom stereocenters. The molecule has 0 unspecified atom stereocenters. The number of ether oxygens (including phenoxy) is 1. The minimum Gasteiger partial charge on any atom is -0.502 e. The molecule has 1 N–H and O–H groups in total. The van der Waals surface area contributed by atoms with Crippen LogP contribution in [0.2, 0.25) is 0 Å². The average molecular weight is 295 g/mol. The summed E-state index contributed by atoms with van der Waals surface area (Å²) in [5, 5.41) is 11.7. The highest BCUT2D eigenvalue weighted by atomic mass is 32.1. The van der Waals surface area contributed by atoms with Gasteiger partial charge < -0.3 is 9.84 Å². The standard InChI is InChI=1S/C14H17NO4S/c1-9(2)19-7-4-6-15-13(17)11(12(16)14(15)18)10-5-3-8-20-10/h3,5,8-9,16H,4,6-7H2,1-2H3. The van der Waals surface area contributed by atoms with E-state index in [2.05, 4.69) is 0 Å². The highest BCUT2D eigenvalue weighted by Crippen LogP contribution is 2.30. The fraction of sp³-hybridized carbons (Fsp3) is 0.429. The molecule has 0 spiro atoms. The van der Waals surface area contributed by atoms with Crippen molar-refractivity contribution in [2.75, 3.05) is 13.2 Å². The lowest BCUT2D eigenvalue weighted by Crippen LogP contribution is -2.33. The summed E-state index contributed by atoms with van der Waals surface area (Å²) in [6, 6.07) is 3.49. The van der Waals surface area contributed by atoms with Crippen LogP contribution in [0.1, 0.15) is 25.1 Å². The van der Waals surface area contributed by atoms with Crippen molar-refractivity contribution in [3.63, 3.8) is 0 Å². The molecule has 0 aromatic carbocycles. The van der Waals surface area contributed by atoms with Gasteiger partial charge in [-0.3, -0.25) is 14.5 Å². The van der Waals surface area contributed by atoms with E-state index in [9.17, 15) is 14.7 Å². The molecule has 108 valence electrons. The Kier molecular flexibility index (Phi) is 4.57. The Morgan fingerprint density at radius 3 is 2.70 bits per heavy atom. The molecule has 1 aliphatic rings. The van der Waals surface area contributed by atoms with Crippen molar-refractivity contribution in [2.24, 2.45) is 0 Å². The Balaban J connectivity index is 2.02. The van der Waals surface area contributed by atoms with Crippen LogP contribution in [0.3, 0.4) is 0 Å². The molecule has 20 heavy (non-hydrogen) atoms. The maximum Gasteiger partial charge on any atom is 0.296 e. The normalized spacial score (nSPS) is 15.8. The molecule has 0 aliphatic carbocycles. The Morgan fingerprint density at radius 1 is 1.35 bits per heavy atom. The minimum absolute atomic E-state index is 0.106. The van der Waals surface area contributed by atoms with Gasteiger partial charge in [-0.25, -0.2) is 0 Å². The van der Waals surface area contributed by atoms with Gasteiger partial charge in [-0.2, -0.15) is 0 Å². The maximum absolute atomic E-state index is 12.2. The van der Waals surface area contributed by atoms with E-state index in [1.165, 1.54) is 11.3 Å². The SMILES string of the molecule is CC(C)OCCCN1C(=O)C(O)=C(c2cccs2)C1=O. The molecule has 2 heterocycles. The van der Waals surface area contributed by atoms with Crippen molar-refractivity contribution in [1.82, 2.24) is 4.90 Å². The van der Waals surface area contributed by atoms with Crippen LogP contribution >= 0.6 is 11.3 Å². The van der Waals surface area contributed by atoms with E-state index in [0.29, 0.717) is 17.9 Å². The second-order valence-electron chi connectivity index (χ2n) is 4.74. The number of hydrogen-bond acceptors (Lipinski definition) is 5. The fourth-order valence-corrected chi connectivity index (χ4v) is 2.71. The topological polar surface area (TPSA) is 66.8 Å². The molecule has 6 heteroatoms. The molecule has 1 aromatic rings. The molecule has 2 amide bonds. The lowest BCUT2D eigenvalue weighted by atomic mass is 10.2. The van der Waals surface area contributed by atoms with Crippen LogP contribution in [-0.2, 0) is 14.3 Å². The first-order valence-corrected chi connectivity index (χ1v) is 7.35. The van der Waals surface area contributed by atoms with Gasteiger partial charge >= 0.3 is 0 Å². The Hall–Kier alpha value is -1.66. The summed E-state index contributed by atoms with van der Waals surface area (Å²) in [6.45, 7) is 4.58. The predicted octanol–water partition coefficient (Wildman–Crippen LogP) is 2.20. The number of rotatable bonds is 6. The van der Waals surface area contributed by atoms with E-state index < -0.39 is 17.6 Å². The van der Waals surface area contributed by atoms with Crippen LogP contribution in [0.5, 0.6) is 0 Å². The molecule has 0 bridgehead atoms. The zero-order valence-electron chi connectivity index (χ0n) is 11.5. The number of carbonyl (C=O) groups is 2. The first kappa shape index (κ1) is 14.7. The van der Waals surface area contributed by atoms with Crippen molar-refractivity contribution in [1.29, 1.82) is 0 Å². The Bertz CT molecular complexity index is 533. The summed E-state index contributed by atoms with van der Waals surface area (Å²) in [7, 11) is 0. The van der Waals surface area contributed by atoms with Crippen molar-refractivity contribution in [3.05, 3.63) is 28.1 Å². The van der Waals surface area contributed by atoms with Gasteiger partial charge in [0.25, 0.3) is 11.8 Å². The Morgan fingerprint density at radius 2 is 2.10 bits per heavy atom. The highest BCUT2D eigenvalue weighted by molar-refractivity contribution is 7.11. The Labute approximate surface area is 121 Å². The number of thiophene rings is 1. The van der Waals surface area contributed by atoms with Gasteiger partial charge in [-0.1, -0.05) is 6.07 Å². The monoisotopic (exact) mass is 295 g/mol. The van der Waals surface area contributed by atoms with Crippen LogP contribution in [-0.4, -0.2) is 41.1 Å². The van der Waals surface area contributed by atoms with E-state index in [-0.39, 0.29) is 18.2 Å². The number of hydrogen-bond donors (Lipinski definition) is 1. The first-order valence-electron chi connectivity index (χ1n) is 6.47. The molecule has 0 fully saturated rings. The van der Waals surface area contributed by atoms with Gasteiger partial charge in [0.15, 0.2) is 5.76 Å². The van der Waals surface area contributed by atoms with Crippen LogP contribution in [0.25, 0.3) is 5.57 Å². The molecule has 1 aliphatic heterocycles.